The Morgan fingerprint density at radius 2 is 1.89 bits per heavy atom. The lowest BCUT2D eigenvalue weighted by atomic mass is 9.90. The van der Waals surface area contributed by atoms with Gasteiger partial charge >= 0.3 is 0 Å². The molecule has 2 atom stereocenters. The van der Waals surface area contributed by atoms with Crippen molar-refractivity contribution >= 4 is 0 Å². The quantitative estimate of drug-likeness (QED) is 0.700. The van der Waals surface area contributed by atoms with Crippen LogP contribution in [-0.2, 0) is 6.42 Å². The van der Waals surface area contributed by atoms with Gasteiger partial charge < -0.3 is 5.32 Å². The third kappa shape index (κ3) is 4.45. The van der Waals surface area contributed by atoms with E-state index in [0.717, 1.165) is 6.54 Å². The van der Waals surface area contributed by atoms with E-state index in [1.165, 1.54) is 36.8 Å². The largest absolute Gasteiger partial charge is 0.310 e. The Hall–Kier alpha value is -0.820. The summed E-state index contributed by atoms with van der Waals surface area (Å²) in [7, 11) is 0. The summed E-state index contributed by atoms with van der Waals surface area (Å²) in [5.41, 5.74) is 2.94. The molecule has 1 rings (SSSR count). The fourth-order valence-electron chi connectivity index (χ4n) is 2.72. The van der Waals surface area contributed by atoms with Gasteiger partial charge in [0.05, 0.1) is 0 Å². The first-order chi connectivity index (χ1) is 8.72. The minimum Gasteiger partial charge on any atom is -0.310 e. The molecule has 0 aliphatic rings. The SMILES string of the molecule is CCCc1cccc(C(NCC)C(C)CCC)c1. The standard InChI is InChI=1S/C17H29N/c1-5-9-14(4)17(18-7-3)16-12-8-11-15(13-16)10-6-2/h8,11-14,17-18H,5-7,9-10H2,1-4H3. The van der Waals surface area contributed by atoms with E-state index in [9.17, 15) is 0 Å². The highest BCUT2D eigenvalue weighted by molar-refractivity contribution is 5.26. The number of aryl methyl sites for hydroxylation is 1. The van der Waals surface area contributed by atoms with E-state index < -0.39 is 0 Å². The molecule has 0 aliphatic heterocycles. The molecule has 0 spiro atoms. The molecular weight excluding hydrogens is 218 g/mol. The maximum atomic E-state index is 3.65. The predicted molar refractivity (Wildman–Crippen MR) is 80.9 cm³/mol. The average Bonchev–Trinajstić information content (AvgIpc) is 2.37. The van der Waals surface area contributed by atoms with Crippen LogP contribution in [0, 0.1) is 5.92 Å². The Labute approximate surface area is 113 Å². The van der Waals surface area contributed by atoms with Gasteiger partial charge in [-0.25, -0.2) is 0 Å². The van der Waals surface area contributed by atoms with Gasteiger partial charge in [-0.05, 0) is 36.4 Å². The van der Waals surface area contributed by atoms with Gasteiger partial charge in [0.15, 0.2) is 0 Å². The number of benzene rings is 1. The second kappa shape index (κ2) is 8.31. The topological polar surface area (TPSA) is 12.0 Å². The lowest BCUT2D eigenvalue weighted by molar-refractivity contribution is 0.369. The van der Waals surface area contributed by atoms with Gasteiger partial charge in [0.1, 0.15) is 0 Å². The summed E-state index contributed by atoms with van der Waals surface area (Å²) in [5, 5.41) is 3.65. The van der Waals surface area contributed by atoms with Gasteiger partial charge in [-0.2, -0.15) is 0 Å². The Morgan fingerprint density at radius 1 is 1.11 bits per heavy atom. The summed E-state index contributed by atoms with van der Waals surface area (Å²) in [6.45, 7) is 10.1. The van der Waals surface area contributed by atoms with Crippen molar-refractivity contribution < 1.29 is 0 Å². The first-order valence-corrected chi connectivity index (χ1v) is 7.55. The van der Waals surface area contributed by atoms with Crippen molar-refractivity contribution in [3.05, 3.63) is 35.4 Å². The molecule has 1 aromatic rings. The zero-order chi connectivity index (χ0) is 13.4. The summed E-state index contributed by atoms with van der Waals surface area (Å²) >= 11 is 0. The monoisotopic (exact) mass is 247 g/mol. The van der Waals surface area contributed by atoms with Crippen molar-refractivity contribution in [2.24, 2.45) is 5.92 Å². The molecule has 2 unspecified atom stereocenters. The molecule has 1 heteroatoms. The van der Waals surface area contributed by atoms with Gasteiger partial charge in [-0.15, -0.1) is 0 Å². The lowest BCUT2D eigenvalue weighted by Crippen LogP contribution is -2.26. The zero-order valence-electron chi connectivity index (χ0n) is 12.5. The Kier molecular flexibility index (Phi) is 7.04. The minimum atomic E-state index is 0.506. The highest BCUT2D eigenvalue weighted by atomic mass is 14.9. The third-order valence-electron chi connectivity index (χ3n) is 3.59. The lowest BCUT2D eigenvalue weighted by Gasteiger charge is -2.25. The summed E-state index contributed by atoms with van der Waals surface area (Å²) in [4.78, 5) is 0. The maximum Gasteiger partial charge on any atom is 0.0346 e. The van der Waals surface area contributed by atoms with Crippen molar-refractivity contribution in [3.8, 4) is 0 Å². The highest BCUT2D eigenvalue weighted by Gasteiger charge is 2.17. The number of nitrogens with one attached hydrogen (secondary N) is 1. The molecule has 0 bridgehead atoms. The highest BCUT2D eigenvalue weighted by Crippen LogP contribution is 2.26. The zero-order valence-corrected chi connectivity index (χ0v) is 12.5. The van der Waals surface area contributed by atoms with E-state index in [1.54, 1.807) is 0 Å². The smallest absolute Gasteiger partial charge is 0.0346 e. The summed E-state index contributed by atoms with van der Waals surface area (Å²) in [5.74, 6) is 0.701. The Bertz CT molecular complexity index is 332. The predicted octanol–water partition coefficient (Wildman–Crippen LogP) is 4.73. The van der Waals surface area contributed by atoms with Crippen molar-refractivity contribution in [2.45, 2.75) is 59.4 Å². The van der Waals surface area contributed by atoms with Crippen LogP contribution in [-0.4, -0.2) is 6.54 Å². The van der Waals surface area contributed by atoms with Crippen LogP contribution in [0.1, 0.15) is 64.1 Å². The second-order valence-electron chi connectivity index (χ2n) is 5.30. The summed E-state index contributed by atoms with van der Waals surface area (Å²) in [6.07, 6.45) is 4.96. The van der Waals surface area contributed by atoms with E-state index in [-0.39, 0.29) is 0 Å². The third-order valence-corrected chi connectivity index (χ3v) is 3.59. The number of rotatable bonds is 8. The van der Waals surface area contributed by atoms with Crippen LogP contribution >= 0.6 is 0 Å². The molecule has 18 heavy (non-hydrogen) atoms. The van der Waals surface area contributed by atoms with Gasteiger partial charge in [-0.3, -0.25) is 0 Å². The van der Waals surface area contributed by atoms with Gasteiger partial charge in [0.25, 0.3) is 0 Å². The first-order valence-electron chi connectivity index (χ1n) is 7.55. The molecule has 0 saturated heterocycles. The van der Waals surface area contributed by atoms with Crippen LogP contribution < -0.4 is 5.32 Å². The molecule has 1 N–H and O–H groups in total. The first kappa shape index (κ1) is 15.2. The van der Waals surface area contributed by atoms with E-state index in [0.29, 0.717) is 12.0 Å². The summed E-state index contributed by atoms with van der Waals surface area (Å²) in [6, 6.07) is 9.64. The summed E-state index contributed by atoms with van der Waals surface area (Å²) < 4.78 is 0. The van der Waals surface area contributed by atoms with E-state index in [4.69, 9.17) is 0 Å². The van der Waals surface area contributed by atoms with Crippen molar-refractivity contribution in [1.82, 2.24) is 5.32 Å². The van der Waals surface area contributed by atoms with Gasteiger partial charge in [-0.1, -0.05) is 64.8 Å². The van der Waals surface area contributed by atoms with E-state index in [1.807, 2.05) is 0 Å². The van der Waals surface area contributed by atoms with Crippen LogP contribution in [0.2, 0.25) is 0 Å². The van der Waals surface area contributed by atoms with Crippen molar-refractivity contribution in [2.75, 3.05) is 6.54 Å². The molecular formula is C17H29N. The van der Waals surface area contributed by atoms with Crippen molar-refractivity contribution in [1.29, 1.82) is 0 Å². The van der Waals surface area contributed by atoms with Crippen LogP contribution in [0.4, 0.5) is 0 Å². The minimum absolute atomic E-state index is 0.506. The molecule has 0 radical (unpaired) electrons. The normalized spacial score (nSPS) is 14.4. The molecule has 0 saturated carbocycles. The molecule has 1 aromatic carbocycles. The van der Waals surface area contributed by atoms with E-state index in [2.05, 4.69) is 57.3 Å². The molecule has 0 amide bonds. The fourth-order valence-corrected chi connectivity index (χ4v) is 2.72. The van der Waals surface area contributed by atoms with Crippen molar-refractivity contribution in [3.63, 3.8) is 0 Å². The molecule has 0 aromatic heterocycles. The van der Waals surface area contributed by atoms with Gasteiger partial charge in [0, 0.05) is 6.04 Å². The average molecular weight is 247 g/mol. The maximum absolute atomic E-state index is 3.65. The fraction of sp³-hybridized carbons (Fsp3) is 0.647. The van der Waals surface area contributed by atoms with E-state index >= 15 is 0 Å². The Balaban J connectivity index is 2.86. The van der Waals surface area contributed by atoms with Crippen LogP contribution in [0.5, 0.6) is 0 Å². The number of hydrogen-bond donors (Lipinski definition) is 1. The van der Waals surface area contributed by atoms with Gasteiger partial charge in [0.2, 0.25) is 0 Å². The van der Waals surface area contributed by atoms with Crippen LogP contribution in [0.15, 0.2) is 24.3 Å². The number of hydrogen-bond acceptors (Lipinski definition) is 1. The van der Waals surface area contributed by atoms with Crippen LogP contribution in [0.3, 0.4) is 0 Å². The molecule has 1 nitrogen and oxygen atoms in total. The van der Waals surface area contributed by atoms with Crippen LogP contribution in [0.25, 0.3) is 0 Å². The second-order valence-corrected chi connectivity index (χ2v) is 5.30. The Morgan fingerprint density at radius 3 is 2.50 bits per heavy atom. The molecule has 0 heterocycles. The molecule has 0 fully saturated rings. The molecule has 102 valence electrons. The molecule has 0 aliphatic carbocycles.